The molecule has 1 aliphatic carbocycles. The molecule has 0 aliphatic heterocycles. The first-order valence-electron chi connectivity index (χ1n) is 8.47. The van der Waals surface area contributed by atoms with Crippen molar-refractivity contribution < 1.29 is 9.53 Å². The summed E-state index contributed by atoms with van der Waals surface area (Å²) in [4.78, 5) is 12.3. The van der Waals surface area contributed by atoms with E-state index < -0.39 is 0 Å². The molecule has 23 heavy (non-hydrogen) atoms. The minimum absolute atomic E-state index is 0.128. The molecule has 0 atom stereocenters. The fraction of sp³-hybridized carbons (Fsp3) is 0.526. The number of nitrogens with one attached hydrogen (secondary N) is 1. The van der Waals surface area contributed by atoms with Crippen LogP contribution in [-0.4, -0.2) is 19.1 Å². The van der Waals surface area contributed by atoms with Crippen molar-refractivity contribution in [3.63, 3.8) is 0 Å². The van der Waals surface area contributed by atoms with Gasteiger partial charge in [-0.05, 0) is 49.8 Å². The van der Waals surface area contributed by atoms with Crippen LogP contribution < -0.4 is 5.32 Å². The third-order valence-electron chi connectivity index (χ3n) is 4.19. The van der Waals surface area contributed by atoms with Crippen molar-refractivity contribution in [1.29, 1.82) is 0 Å². The first kappa shape index (κ1) is 18.0. The van der Waals surface area contributed by atoms with Crippen LogP contribution in [0.25, 0.3) is 0 Å². The Hall–Kier alpha value is -1.32. The molecule has 0 radical (unpaired) electrons. The molecule has 1 aromatic rings. The van der Waals surface area contributed by atoms with Crippen molar-refractivity contribution in [3.05, 3.63) is 46.5 Å². The lowest BCUT2D eigenvalue weighted by molar-refractivity contribution is -0.125. The zero-order valence-corrected chi connectivity index (χ0v) is 14.6. The predicted octanol–water partition coefficient (Wildman–Crippen LogP) is 4.50. The van der Waals surface area contributed by atoms with Gasteiger partial charge in [0, 0.05) is 24.1 Å². The minimum atomic E-state index is 0.128. The molecular formula is C19H26ClNO2. The van der Waals surface area contributed by atoms with Crippen molar-refractivity contribution >= 4 is 17.5 Å². The summed E-state index contributed by atoms with van der Waals surface area (Å²) in [6.45, 7) is 4.18. The summed E-state index contributed by atoms with van der Waals surface area (Å²) >= 11 is 5.96. The highest BCUT2D eigenvalue weighted by Gasteiger charge is 2.22. The quantitative estimate of drug-likeness (QED) is 0.588. The second-order valence-corrected chi connectivity index (χ2v) is 6.50. The van der Waals surface area contributed by atoms with Gasteiger partial charge in [0.15, 0.2) is 0 Å². The lowest BCUT2D eigenvalue weighted by Crippen LogP contribution is -2.31. The van der Waals surface area contributed by atoms with Gasteiger partial charge >= 0.3 is 0 Å². The Balaban J connectivity index is 1.71. The Morgan fingerprint density at radius 3 is 2.87 bits per heavy atom. The summed E-state index contributed by atoms with van der Waals surface area (Å²) in [5.74, 6) is 0.286. The standard InChI is InChI=1S/C19H26ClNO2/c1-2-11-23-12-10-15-6-8-17(9-7-15)19(22)21-14-16-4-3-5-18(20)13-16/h3-5,10,13,17H,2,6-9,11-12,14H2,1H3,(H,21,22). The Bertz CT molecular complexity index is 532. The van der Waals surface area contributed by atoms with E-state index in [-0.39, 0.29) is 11.8 Å². The van der Waals surface area contributed by atoms with Gasteiger partial charge in [-0.3, -0.25) is 4.79 Å². The van der Waals surface area contributed by atoms with E-state index >= 15 is 0 Å². The van der Waals surface area contributed by atoms with Gasteiger partial charge in [0.25, 0.3) is 0 Å². The zero-order valence-electron chi connectivity index (χ0n) is 13.8. The molecule has 0 unspecified atom stereocenters. The first-order chi connectivity index (χ1) is 11.2. The predicted molar refractivity (Wildman–Crippen MR) is 94.4 cm³/mol. The fourth-order valence-electron chi connectivity index (χ4n) is 2.84. The van der Waals surface area contributed by atoms with Gasteiger partial charge in [0.2, 0.25) is 5.91 Å². The number of rotatable bonds is 7. The molecule has 2 rings (SSSR count). The maximum Gasteiger partial charge on any atom is 0.223 e. The van der Waals surface area contributed by atoms with E-state index in [2.05, 4.69) is 18.3 Å². The highest BCUT2D eigenvalue weighted by molar-refractivity contribution is 6.30. The van der Waals surface area contributed by atoms with E-state index in [0.29, 0.717) is 18.2 Å². The second-order valence-electron chi connectivity index (χ2n) is 6.06. The van der Waals surface area contributed by atoms with Crippen LogP contribution in [0.15, 0.2) is 35.9 Å². The van der Waals surface area contributed by atoms with Crippen LogP contribution in [0.2, 0.25) is 5.02 Å². The van der Waals surface area contributed by atoms with Gasteiger partial charge in [-0.1, -0.05) is 42.3 Å². The van der Waals surface area contributed by atoms with Gasteiger partial charge in [-0.15, -0.1) is 0 Å². The summed E-state index contributed by atoms with van der Waals surface area (Å²) < 4.78 is 5.49. The van der Waals surface area contributed by atoms with Gasteiger partial charge in [-0.2, -0.15) is 0 Å². The second kappa shape index (κ2) is 9.74. The molecule has 0 spiro atoms. The molecule has 1 aromatic carbocycles. The van der Waals surface area contributed by atoms with Crippen molar-refractivity contribution in [1.82, 2.24) is 5.32 Å². The van der Waals surface area contributed by atoms with Gasteiger partial charge in [0.1, 0.15) is 0 Å². The summed E-state index contributed by atoms with van der Waals surface area (Å²) in [5, 5.41) is 3.73. The molecule has 0 aromatic heterocycles. The Morgan fingerprint density at radius 2 is 2.17 bits per heavy atom. The molecule has 1 fully saturated rings. The number of carbonyl (C=O) groups is 1. The van der Waals surface area contributed by atoms with Crippen molar-refractivity contribution in [2.45, 2.75) is 45.6 Å². The van der Waals surface area contributed by atoms with E-state index in [1.807, 2.05) is 24.3 Å². The third-order valence-corrected chi connectivity index (χ3v) is 4.43. The van der Waals surface area contributed by atoms with Crippen LogP contribution in [-0.2, 0) is 16.1 Å². The van der Waals surface area contributed by atoms with Crippen LogP contribution in [0.1, 0.15) is 44.6 Å². The monoisotopic (exact) mass is 335 g/mol. The first-order valence-corrected chi connectivity index (χ1v) is 8.84. The molecule has 4 heteroatoms. The lowest BCUT2D eigenvalue weighted by atomic mass is 9.85. The van der Waals surface area contributed by atoms with E-state index in [1.54, 1.807) is 0 Å². The SMILES string of the molecule is CCCOCC=C1CCC(C(=O)NCc2cccc(Cl)c2)CC1. The van der Waals surface area contributed by atoms with E-state index in [4.69, 9.17) is 16.3 Å². The van der Waals surface area contributed by atoms with Gasteiger partial charge in [0.05, 0.1) is 6.61 Å². The summed E-state index contributed by atoms with van der Waals surface area (Å²) in [5.41, 5.74) is 2.47. The minimum Gasteiger partial charge on any atom is -0.377 e. The molecule has 1 amide bonds. The average molecular weight is 336 g/mol. The molecule has 1 N–H and O–H groups in total. The average Bonchev–Trinajstić information content (AvgIpc) is 2.57. The molecule has 0 heterocycles. The maximum atomic E-state index is 12.3. The number of hydrogen-bond acceptors (Lipinski definition) is 2. The van der Waals surface area contributed by atoms with Crippen molar-refractivity contribution in [2.24, 2.45) is 5.92 Å². The Morgan fingerprint density at radius 1 is 1.39 bits per heavy atom. The van der Waals surface area contributed by atoms with Gasteiger partial charge < -0.3 is 10.1 Å². The largest absolute Gasteiger partial charge is 0.377 e. The number of halogens is 1. The third kappa shape index (κ3) is 6.36. The zero-order chi connectivity index (χ0) is 16.5. The van der Waals surface area contributed by atoms with Crippen molar-refractivity contribution in [2.75, 3.05) is 13.2 Å². The van der Waals surface area contributed by atoms with Crippen LogP contribution in [0.3, 0.4) is 0 Å². The summed E-state index contributed by atoms with van der Waals surface area (Å²) in [7, 11) is 0. The number of allylic oxidation sites excluding steroid dienone is 1. The highest BCUT2D eigenvalue weighted by Crippen LogP contribution is 2.28. The number of benzene rings is 1. The summed E-state index contributed by atoms with van der Waals surface area (Å²) in [6.07, 6.45) is 7.12. The smallest absolute Gasteiger partial charge is 0.223 e. The number of ether oxygens (including phenoxy) is 1. The molecule has 1 saturated carbocycles. The molecule has 126 valence electrons. The van der Waals surface area contributed by atoms with Crippen LogP contribution in [0, 0.1) is 5.92 Å². The molecule has 1 aliphatic rings. The topological polar surface area (TPSA) is 38.3 Å². The Kier molecular flexibility index (Phi) is 7.63. The molecule has 0 saturated heterocycles. The van der Waals surface area contributed by atoms with Crippen LogP contribution in [0.5, 0.6) is 0 Å². The maximum absolute atomic E-state index is 12.3. The molecule has 0 bridgehead atoms. The van der Waals surface area contributed by atoms with E-state index in [0.717, 1.165) is 44.3 Å². The Labute approximate surface area is 144 Å². The number of hydrogen-bond donors (Lipinski definition) is 1. The van der Waals surface area contributed by atoms with E-state index in [1.165, 1.54) is 5.57 Å². The van der Waals surface area contributed by atoms with E-state index in [9.17, 15) is 4.79 Å². The molecular weight excluding hydrogens is 310 g/mol. The van der Waals surface area contributed by atoms with Crippen molar-refractivity contribution in [3.8, 4) is 0 Å². The van der Waals surface area contributed by atoms with Crippen LogP contribution in [0.4, 0.5) is 0 Å². The number of amides is 1. The molecule has 3 nitrogen and oxygen atoms in total. The van der Waals surface area contributed by atoms with Gasteiger partial charge in [-0.25, -0.2) is 0 Å². The highest BCUT2D eigenvalue weighted by atomic mass is 35.5. The summed E-state index contributed by atoms with van der Waals surface area (Å²) in [6, 6.07) is 7.61. The fourth-order valence-corrected chi connectivity index (χ4v) is 3.05. The number of carbonyl (C=O) groups excluding carboxylic acids is 1. The lowest BCUT2D eigenvalue weighted by Gasteiger charge is -2.23. The van der Waals surface area contributed by atoms with Crippen LogP contribution >= 0.6 is 11.6 Å². The normalized spacial score (nSPS) is 17.8.